The summed E-state index contributed by atoms with van der Waals surface area (Å²) in [5.41, 5.74) is 4.88. The number of imidazole rings is 1. The lowest BCUT2D eigenvalue weighted by atomic mass is 10.5. The second-order valence-corrected chi connectivity index (χ2v) is 3.01. The topological polar surface area (TPSA) is 71.8 Å². The first kappa shape index (κ1) is 8.25. The summed E-state index contributed by atoms with van der Waals surface area (Å²) in [7, 11) is 0. The van der Waals surface area contributed by atoms with Crippen molar-refractivity contribution >= 4 is 34.6 Å². The smallest absolute Gasteiger partial charge is 0.241 e. The SMILES string of the molecule is NC(=O)/C=C\c1ncc(I)[nH]1. The maximum Gasteiger partial charge on any atom is 0.241 e. The van der Waals surface area contributed by atoms with Crippen LogP contribution in [0.25, 0.3) is 6.08 Å². The Morgan fingerprint density at radius 3 is 3.00 bits per heavy atom. The number of H-pyrrole nitrogens is 1. The Bertz CT molecular complexity index is 292. The van der Waals surface area contributed by atoms with Gasteiger partial charge in [0.25, 0.3) is 0 Å². The van der Waals surface area contributed by atoms with Gasteiger partial charge >= 0.3 is 0 Å². The summed E-state index contributed by atoms with van der Waals surface area (Å²) in [5.74, 6) is 0.157. The van der Waals surface area contributed by atoms with E-state index in [9.17, 15) is 4.79 Å². The van der Waals surface area contributed by atoms with E-state index in [1.807, 2.05) is 0 Å². The van der Waals surface area contributed by atoms with Crippen LogP contribution in [0.2, 0.25) is 0 Å². The predicted molar refractivity (Wildman–Crippen MR) is 49.5 cm³/mol. The molecular weight excluding hydrogens is 257 g/mol. The molecule has 0 aliphatic rings. The van der Waals surface area contributed by atoms with Crippen molar-refractivity contribution in [1.29, 1.82) is 0 Å². The van der Waals surface area contributed by atoms with Gasteiger partial charge in [0, 0.05) is 6.08 Å². The van der Waals surface area contributed by atoms with Crippen LogP contribution in [0.5, 0.6) is 0 Å². The first-order chi connectivity index (χ1) is 5.18. The van der Waals surface area contributed by atoms with Crippen LogP contribution in [0.15, 0.2) is 12.3 Å². The minimum absolute atomic E-state index is 0.476. The molecule has 0 unspecified atom stereocenters. The highest BCUT2D eigenvalue weighted by Crippen LogP contribution is 2.01. The van der Waals surface area contributed by atoms with Crippen LogP contribution in [0, 0.1) is 3.70 Å². The molecule has 3 N–H and O–H groups in total. The second-order valence-electron chi connectivity index (χ2n) is 1.85. The quantitative estimate of drug-likeness (QED) is 0.602. The zero-order valence-electron chi connectivity index (χ0n) is 5.54. The molecule has 0 aliphatic heterocycles. The molecule has 1 aromatic heterocycles. The van der Waals surface area contributed by atoms with Gasteiger partial charge in [-0.2, -0.15) is 0 Å². The van der Waals surface area contributed by atoms with Crippen LogP contribution in [0.1, 0.15) is 5.82 Å². The third-order valence-electron chi connectivity index (χ3n) is 0.970. The molecule has 1 aromatic rings. The number of nitrogens with two attached hydrogens (primary N) is 1. The molecular formula is C6H6IN3O. The van der Waals surface area contributed by atoms with Gasteiger partial charge < -0.3 is 10.7 Å². The van der Waals surface area contributed by atoms with Crippen molar-refractivity contribution in [2.24, 2.45) is 5.73 Å². The molecule has 0 atom stereocenters. The average Bonchev–Trinajstić information content (AvgIpc) is 2.31. The molecule has 0 fully saturated rings. The monoisotopic (exact) mass is 263 g/mol. The Morgan fingerprint density at radius 1 is 1.82 bits per heavy atom. The third kappa shape index (κ3) is 2.71. The minimum atomic E-state index is -0.476. The molecule has 0 spiro atoms. The van der Waals surface area contributed by atoms with Gasteiger partial charge in [0.15, 0.2) is 0 Å². The number of nitrogens with one attached hydrogen (secondary N) is 1. The molecule has 1 heterocycles. The largest absolute Gasteiger partial charge is 0.366 e. The number of nitrogens with zero attached hydrogens (tertiary/aromatic N) is 1. The summed E-state index contributed by atoms with van der Waals surface area (Å²) >= 11 is 2.09. The molecule has 58 valence electrons. The Morgan fingerprint density at radius 2 is 2.55 bits per heavy atom. The number of primary amides is 1. The van der Waals surface area contributed by atoms with Crippen LogP contribution in [0.4, 0.5) is 0 Å². The fourth-order valence-corrected chi connectivity index (χ4v) is 0.974. The number of carbonyl (C=O) groups is 1. The predicted octanol–water partition coefficient (Wildman–Crippen LogP) is 0.513. The summed E-state index contributed by atoms with van der Waals surface area (Å²) in [4.78, 5) is 17.1. The summed E-state index contributed by atoms with van der Waals surface area (Å²) in [6.07, 6.45) is 4.46. The molecule has 0 bridgehead atoms. The molecule has 0 aromatic carbocycles. The van der Waals surface area contributed by atoms with E-state index in [2.05, 4.69) is 32.6 Å². The number of hydrogen-bond donors (Lipinski definition) is 2. The van der Waals surface area contributed by atoms with Gasteiger partial charge in [-0.1, -0.05) is 0 Å². The number of hydrogen-bond acceptors (Lipinski definition) is 2. The molecule has 5 heteroatoms. The van der Waals surface area contributed by atoms with Crippen molar-refractivity contribution in [1.82, 2.24) is 9.97 Å². The van der Waals surface area contributed by atoms with Crippen molar-refractivity contribution in [3.05, 3.63) is 21.8 Å². The second kappa shape index (κ2) is 3.51. The lowest BCUT2D eigenvalue weighted by molar-refractivity contribution is -0.113. The highest BCUT2D eigenvalue weighted by molar-refractivity contribution is 14.1. The summed E-state index contributed by atoms with van der Waals surface area (Å²) in [6, 6.07) is 0. The van der Waals surface area contributed by atoms with Gasteiger partial charge in [-0.25, -0.2) is 4.98 Å². The van der Waals surface area contributed by atoms with Crippen molar-refractivity contribution in [3.8, 4) is 0 Å². The van der Waals surface area contributed by atoms with Crippen LogP contribution in [-0.2, 0) is 4.79 Å². The number of aromatic amines is 1. The molecule has 0 radical (unpaired) electrons. The maximum absolute atomic E-state index is 10.3. The lowest BCUT2D eigenvalue weighted by Gasteiger charge is -1.81. The van der Waals surface area contributed by atoms with E-state index in [1.54, 1.807) is 6.20 Å². The van der Waals surface area contributed by atoms with Gasteiger partial charge in [0.2, 0.25) is 5.91 Å². The van der Waals surface area contributed by atoms with Crippen LogP contribution >= 0.6 is 22.6 Å². The molecule has 0 saturated heterocycles. The van der Waals surface area contributed by atoms with E-state index in [-0.39, 0.29) is 0 Å². The first-order valence-corrected chi connectivity index (χ1v) is 3.94. The van der Waals surface area contributed by atoms with E-state index < -0.39 is 5.91 Å². The van der Waals surface area contributed by atoms with Crippen molar-refractivity contribution in [3.63, 3.8) is 0 Å². The fraction of sp³-hybridized carbons (Fsp3) is 0. The number of amides is 1. The Hall–Kier alpha value is -0.850. The van der Waals surface area contributed by atoms with Crippen molar-refractivity contribution in [2.75, 3.05) is 0 Å². The molecule has 1 amide bonds. The van der Waals surface area contributed by atoms with Gasteiger partial charge in [0.1, 0.15) is 5.82 Å². The zero-order chi connectivity index (χ0) is 8.27. The lowest BCUT2D eigenvalue weighted by Crippen LogP contribution is -2.05. The molecule has 1 rings (SSSR count). The van der Waals surface area contributed by atoms with Gasteiger partial charge in [-0.05, 0) is 28.7 Å². The first-order valence-electron chi connectivity index (χ1n) is 2.86. The third-order valence-corrected chi connectivity index (χ3v) is 1.52. The molecule has 4 nitrogen and oxygen atoms in total. The standard InChI is InChI=1S/C6H6IN3O/c7-4-3-9-6(10-4)2-1-5(8)11/h1-3H,(H2,8,11)(H,9,10)/b2-1-. The summed E-state index contributed by atoms with van der Waals surface area (Å²) < 4.78 is 0.923. The minimum Gasteiger partial charge on any atom is -0.366 e. The fourth-order valence-electron chi connectivity index (χ4n) is 0.559. The zero-order valence-corrected chi connectivity index (χ0v) is 7.70. The van der Waals surface area contributed by atoms with E-state index in [0.29, 0.717) is 5.82 Å². The summed E-state index contributed by atoms with van der Waals surface area (Å²) in [5, 5.41) is 0. The van der Waals surface area contributed by atoms with Crippen LogP contribution in [-0.4, -0.2) is 15.9 Å². The number of rotatable bonds is 2. The highest BCUT2D eigenvalue weighted by atomic mass is 127. The van der Waals surface area contributed by atoms with E-state index in [4.69, 9.17) is 5.73 Å². The number of aromatic nitrogens is 2. The Balaban J connectivity index is 2.71. The van der Waals surface area contributed by atoms with Crippen LogP contribution in [0.3, 0.4) is 0 Å². The number of carbonyl (C=O) groups excluding carboxylic acids is 1. The number of halogens is 1. The van der Waals surface area contributed by atoms with Gasteiger partial charge in [0.05, 0.1) is 9.90 Å². The Kier molecular flexibility index (Phi) is 2.64. The molecule has 0 aliphatic carbocycles. The van der Waals surface area contributed by atoms with Gasteiger partial charge in [-0.15, -0.1) is 0 Å². The maximum atomic E-state index is 10.3. The average molecular weight is 263 g/mol. The molecule has 0 saturated carbocycles. The molecule has 11 heavy (non-hydrogen) atoms. The van der Waals surface area contributed by atoms with Crippen molar-refractivity contribution < 1.29 is 4.79 Å². The highest BCUT2D eigenvalue weighted by Gasteiger charge is 1.92. The van der Waals surface area contributed by atoms with Crippen molar-refractivity contribution in [2.45, 2.75) is 0 Å². The van der Waals surface area contributed by atoms with Gasteiger partial charge in [-0.3, -0.25) is 4.79 Å². The Labute approximate surface area is 77.0 Å². The van der Waals surface area contributed by atoms with E-state index in [1.165, 1.54) is 12.2 Å². The van der Waals surface area contributed by atoms with Crippen LogP contribution < -0.4 is 5.73 Å². The summed E-state index contributed by atoms with van der Waals surface area (Å²) in [6.45, 7) is 0. The normalized spacial score (nSPS) is 10.6. The van der Waals surface area contributed by atoms with E-state index >= 15 is 0 Å². The van der Waals surface area contributed by atoms with E-state index in [0.717, 1.165) is 3.70 Å².